The van der Waals surface area contributed by atoms with E-state index >= 15 is 0 Å². The summed E-state index contributed by atoms with van der Waals surface area (Å²) in [6, 6.07) is 0. The third-order valence-corrected chi connectivity index (χ3v) is 3.25. The molecule has 82 valence electrons. The second-order valence-electron chi connectivity index (χ2n) is 4.90. The molecule has 14 heavy (non-hydrogen) atoms. The molecule has 1 atom stereocenters. The number of carbonyl (C=O) groups is 1. The molecule has 0 spiro atoms. The molecule has 0 saturated carbocycles. The lowest BCUT2D eigenvalue weighted by Gasteiger charge is -2.17. The minimum atomic E-state index is 0.324. The summed E-state index contributed by atoms with van der Waals surface area (Å²) in [6.07, 6.45) is 3.14. The molecule has 0 aromatic carbocycles. The summed E-state index contributed by atoms with van der Waals surface area (Å²) in [6.45, 7) is 9.90. The van der Waals surface area contributed by atoms with E-state index in [2.05, 4.69) is 18.7 Å². The van der Waals surface area contributed by atoms with Gasteiger partial charge in [-0.15, -0.1) is 0 Å². The standard InChI is InChI=1S/C12H23NO/c1-10(2)12-6-8-13(9-12)7-4-5-11(3)14/h10,12H,4-9H2,1-3H3. The van der Waals surface area contributed by atoms with Gasteiger partial charge in [0.15, 0.2) is 0 Å². The fourth-order valence-electron chi connectivity index (χ4n) is 2.16. The highest BCUT2D eigenvalue weighted by atomic mass is 16.1. The van der Waals surface area contributed by atoms with E-state index in [1.54, 1.807) is 6.92 Å². The largest absolute Gasteiger partial charge is 0.303 e. The number of Topliss-reactive ketones (excluding diaryl/α,β-unsaturated/α-hetero) is 1. The third kappa shape index (κ3) is 3.79. The maximum absolute atomic E-state index is 10.8. The van der Waals surface area contributed by atoms with E-state index in [9.17, 15) is 4.79 Å². The number of ketones is 1. The minimum Gasteiger partial charge on any atom is -0.303 e. The van der Waals surface area contributed by atoms with Crippen LogP contribution < -0.4 is 0 Å². The van der Waals surface area contributed by atoms with Gasteiger partial charge in [0.25, 0.3) is 0 Å². The van der Waals surface area contributed by atoms with E-state index in [-0.39, 0.29) is 0 Å². The SMILES string of the molecule is CC(=O)CCCN1CCC(C(C)C)C1. The van der Waals surface area contributed by atoms with E-state index in [1.807, 2.05) is 0 Å². The maximum atomic E-state index is 10.8. The number of hydrogen-bond acceptors (Lipinski definition) is 2. The van der Waals surface area contributed by atoms with Crippen molar-refractivity contribution >= 4 is 5.78 Å². The van der Waals surface area contributed by atoms with Crippen molar-refractivity contribution in [3.63, 3.8) is 0 Å². The van der Waals surface area contributed by atoms with Crippen LogP contribution in [-0.4, -0.2) is 30.3 Å². The Bertz CT molecular complexity index is 189. The van der Waals surface area contributed by atoms with E-state index in [1.165, 1.54) is 19.5 Å². The summed E-state index contributed by atoms with van der Waals surface area (Å²) in [5.74, 6) is 2.02. The monoisotopic (exact) mass is 197 g/mol. The highest BCUT2D eigenvalue weighted by molar-refractivity contribution is 5.75. The van der Waals surface area contributed by atoms with Crippen molar-refractivity contribution in [2.75, 3.05) is 19.6 Å². The molecule has 0 aliphatic carbocycles. The average Bonchev–Trinajstić information content (AvgIpc) is 2.52. The Labute approximate surface area is 87.7 Å². The Morgan fingerprint density at radius 2 is 2.21 bits per heavy atom. The van der Waals surface area contributed by atoms with Crippen LogP contribution >= 0.6 is 0 Å². The molecule has 1 aliphatic rings. The van der Waals surface area contributed by atoms with Crippen molar-refractivity contribution in [3.05, 3.63) is 0 Å². The molecule has 0 amide bonds. The van der Waals surface area contributed by atoms with Crippen molar-refractivity contribution in [1.82, 2.24) is 4.90 Å². The molecule has 2 heteroatoms. The van der Waals surface area contributed by atoms with Gasteiger partial charge in [0.1, 0.15) is 5.78 Å². The molecule has 1 rings (SSSR count). The van der Waals surface area contributed by atoms with Crippen LogP contribution in [-0.2, 0) is 4.79 Å². The number of carbonyl (C=O) groups excluding carboxylic acids is 1. The van der Waals surface area contributed by atoms with Crippen LogP contribution in [0.3, 0.4) is 0 Å². The van der Waals surface area contributed by atoms with Gasteiger partial charge in [-0.05, 0) is 44.7 Å². The molecule has 1 unspecified atom stereocenters. The van der Waals surface area contributed by atoms with Crippen LogP contribution in [0.4, 0.5) is 0 Å². The first-order chi connectivity index (χ1) is 6.59. The van der Waals surface area contributed by atoms with Crippen LogP contribution in [0.2, 0.25) is 0 Å². The summed E-state index contributed by atoms with van der Waals surface area (Å²) < 4.78 is 0. The first-order valence-corrected chi connectivity index (χ1v) is 5.81. The van der Waals surface area contributed by atoms with E-state index in [4.69, 9.17) is 0 Å². The van der Waals surface area contributed by atoms with Gasteiger partial charge < -0.3 is 9.69 Å². The first-order valence-electron chi connectivity index (χ1n) is 5.81. The zero-order valence-corrected chi connectivity index (χ0v) is 9.75. The van der Waals surface area contributed by atoms with Crippen LogP contribution in [0.5, 0.6) is 0 Å². The number of hydrogen-bond donors (Lipinski definition) is 0. The molecule has 0 aromatic heterocycles. The Kier molecular flexibility index (Phi) is 4.59. The summed E-state index contributed by atoms with van der Waals surface area (Å²) in [5, 5.41) is 0. The minimum absolute atomic E-state index is 0.324. The van der Waals surface area contributed by atoms with Crippen LogP contribution in [0.15, 0.2) is 0 Å². The highest BCUT2D eigenvalue weighted by Gasteiger charge is 2.23. The lowest BCUT2D eigenvalue weighted by atomic mass is 9.95. The highest BCUT2D eigenvalue weighted by Crippen LogP contribution is 2.23. The molecule has 0 N–H and O–H groups in total. The summed E-state index contributed by atoms with van der Waals surface area (Å²) >= 11 is 0. The smallest absolute Gasteiger partial charge is 0.129 e. The van der Waals surface area contributed by atoms with Crippen LogP contribution in [0.1, 0.15) is 40.0 Å². The van der Waals surface area contributed by atoms with Gasteiger partial charge in [0.05, 0.1) is 0 Å². The molecule has 0 bridgehead atoms. The normalized spacial score (nSPS) is 23.3. The van der Waals surface area contributed by atoms with Gasteiger partial charge in [-0.25, -0.2) is 0 Å². The lowest BCUT2D eigenvalue weighted by Crippen LogP contribution is -2.23. The van der Waals surface area contributed by atoms with Crippen molar-refractivity contribution in [2.24, 2.45) is 11.8 Å². The van der Waals surface area contributed by atoms with Gasteiger partial charge in [-0.2, -0.15) is 0 Å². The van der Waals surface area contributed by atoms with Gasteiger partial charge in [-0.1, -0.05) is 13.8 Å². The predicted molar refractivity (Wildman–Crippen MR) is 59.3 cm³/mol. The van der Waals surface area contributed by atoms with Gasteiger partial charge in [-0.3, -0.25) is 0 Å². The van der Waals surface area contributed by atoms with Crippen molar-refractivity contribution in [2.45, 2.75) is 40.0 Å². The number of rotatable bonds is 5. The molecule has 1 heterocycles. The van der Waals surface area contributed by atoms with Crippen molar-refractivity contribution in [3.8, 4) is 0 Å². The third-order valence-electron chi connectivity index (χ3n) is 3.25. The van der Waals surface area contributed by atoms with E-state index in [0.717, 1.165) is 31.2 Å². The molecule has 1 saturated heterocycles. The van der Waals surface area contributed by atoms with Crippen LogP contribution in [0, 0.1) is 11.8 Å². The average molecular weight is 197 g/mol. The van der Waals surface area contributed by atoms with Gasteiger partial charge in [0.2, 0.25) is 0 Å². The van der Waals surface area contributed by atoms with Gasteiger partial charge in [0, 0.05) is 13.0 Å². The fourth-order valence-corrected chi connectivity index (χ4v) is 2.16. The molecule has 0 radical (unpaired) electrons. The Morgan fingerprint density at radius 3 is 2.71 bits per heavy atom. The summed E-state index contributed by atoms with van der Waals surface area (Å²) in [5.41, 5.74) is 0. The molecule has 2 nitrogen and oxygen atoms in total. The van der Waals surface area contributed by atoms with Crippen molar-refractivity contribution < 1.29 is 4.79 Å². The van der Waals surface area contributed by atoms with Crippen LogP contribution in [0.25, 0.3) is 0 Å². The van der Waals surface area contributed by atoms with Crippen molar-refractivity contribution in [1.29, 1.82) is 0 Å². The Morgan fingerprint density at radius 1 is 1.50 bits per heavy atom. The second kappa shape index (κ2) is 5.50. The number of nitrogens with zero attached hydrogens (tertiary/aromatic N) is 1. The predicted octanol–water partition coefficient (Wildman–Crippen LogP) is 2.33. The lowest BCUT2D eigenvalue weighted by molar-refractivity contribution is -0.117. The Balaban J connectivity index is 2.13. The quantitative estimate of drug-likeness (QED) is 0.674. The fraction of sp³-hybridized carbons (Fsp3) is 0.917. The molecular weight excluding hydrogens is 174 g/mol. The topological polar surface area (TPSA) is 20.3 Å². The number of likely N-dealkylation sites (tertiary alicyclic amines) is 1. The zero-order valence-electron chi connectivity index (χ0n) is 9.75. The summed E-state index contributed by atoms with van der Waals surface area (Å²) in [7, 11) is 0. The first kappa shape index (κ1) is 11.7. The molecule has 1 fully saturated rings. The van der Waals surface area contributed by atoms with Gasteiger partial charge >= 0.3 is 0 Å². The summed E-state index contributed by atoms with van der Waals surface area (Å²) in [4.78, 5) is 13.3. The molecular formula is C12H23NO. The zero-order chi connectivity index (χ0) is 10.6. The van der Waals surface area contributed by atoms with E-state index in [0.29, 0.717) is 5.78 Å². The molecule has 0 aromatic rings. The second-order valence-corrected chi connectivity index (χ2v) is 4.90. The molecule has 1 aliphatic heterocycles. The maximum Gasteiger partial charge on any atom is 0.129 e. The van der Waals surface area contributed by atoms with E-state index < -0.39 is 0 Å². The Hall–Kier alpha value is -0.370.